The van der Waals surface area contributed by atoms with Gasteiger partial charge in [0.25, 0.3) is 0 Å². The molecular weight excluding hydrogens is 304 g/mol. The summed E-state index contributed by atoms with van der Waals surface area (Å²) in [6, 6.07) is 6.49. The number of carbonyl (C=O) groups is 1. The molecule has 1 heterocycles. The number of carbonyl (C=O) groups excluding carboxylic acids is 1. The van der Waals surface area contributed by atoms with Crippen molar-refractivity contribution in [3.8, 4) is 0 Å². The Balaban J connectivity index is 2.05. The number of hydrogen-bond acceptors (Lipinski definition) is 4. The molecule has 0 atom stereocenters. The molecule has 0 saturated heterocycles. The predicted molar refractivity (Wildman–Crippen MR) is 82.8 cm³/mol. The van der Waals surface area contributed by atoms with Crippen molar-refractivity contribution in [2.45, 2.75) is 11.8 Å². The lowest BCUT2D eigenvalue weighted by Crippen LogP contribution is -2.34. The monoisotopic (exact) mass is 322 g/mol. The Morgan fingerprint density at radius 1 is 1.32 bits per heavy atom. The lowest BCUT2D eigenvalue weighted by Gasteiger charge is -2.16. The third-order valence-electron chi connectivity index (χ3n) is 3.08. The summed E-state index contributed by atoms with van der Waals surface area (Å²) in [5.41, 5.74) is 1.49. The third kappa shape index (κ3) is 3.71. The van der Waals surface area contributed by atoms with E-state index in [0.29, 0.717) is 5.69 Å². The molecule has 1 amide bonds. The van der Waals surface area contributed by atoms with Crippen LogP contribution in [0, 0.1) is 6.92 Å². The fourth-order valence-electron chi connectivity index (χ4n) is 1.86. The number of amides is 1. The van der Waals surface area contributed by atoms with Crippen molar-refractivity contribution in [3.63, 3.8) is 0 Å². The molecule has 1 aromatic heterocycles. The van der Waals surface area contributed by atoms with Crippen molar-refractivity contribution in [2.75, 3.05) is 18.9 Å². The number of anilines is 1. The van der Waals surface area contributed by atoms with Gasteiger partial charge in [-0.3, -0.25) is 9.48 Å². The fourth-order valence-corrected chi connectivity index (χ4v) is 2.99. The van der Waals surface area contributed by atoms with E-state index in [1.54, 1.807) is 30.1 Å². The van der Waals surface area contributed by atoms with E-state index >= 15 is 0 Å². The van der Waals surface area contributed by atoms with Crippen LogP contribution in [0.5, 0.6) is 0 Å². The number of aryl methyl sites for hydroxylation is 2. The molecule has 0 aliphatic heterocycles. The minimum absolute atomic E-state index is 0.162. The zero-order valence-electron chi connectivity index (χ0n) is 12.6. The lowest BCUT2D eigenvalue weighted by molar-refractivity contribution is -0.116. The first-order valence-electron chi connectivity index (χ1n) is 6.60. The molecule has 1 aromatic carbocycles. The molecule has 22 heavy (non-hydrogen) atoms. The van der Waals surface area contributed by atoms with Gasteiger partial charge in [-0.15, -0.1) is 0 Å². The van der Waals surface area contributed by atoms with Crippen LogP contribution in [0.4, 0.5) is 5.69 Å². The van der Waals surface area contributed by atoms with Gasteiger partial charge in [0, 0.05) is 20.3 Å². The summed E-state index contributed by atoms with van der Waals surface area (Å²) in [5, 5.41) is 6.52. The average molecular weight is 322 g/mol. The van der Waals surface area contributed by atoms with Gasteiger partial charge in [0.1, 0.15) is 0 Å². The first kappa shape index (κ1) is 16.2. The van der Waals surface area contributed by atoms with Crippen LogP contribution in [-0.2, 0) is 21.9 Å². The Kier molecular flexibility index (Phi) is 4.62. The SMILES string of the molecule is Cc1ccc(S(=O)(=O)N(C)CC(=O)Nc2cnn(C)c2)cc1. The normalized spacial score (nSPS) is 11.6. The summed E-state index contributed by atoms with van der Waals surface area (Å²) in [5.74, 6) is -0.425. The van der Waals surface area contributed by atoms with Gasteiger partial charge in [0.05, 0.1) is 23.3 Å². The van der Waals surface area contributed by atoms with Crippen molar-refractivity contribution < 1.29 is 13.2 Å². The fraction of sp³-hybridized carbons (Fsp3) is 0.286. The van der Waals surface area contributed by atoms with Crippen LogP contribution in [0.1, 0.15) is 5.56 Å². The predicted octanol–water partition coefficient (Wildman–Crippen LogP) is 0.988. The smallest absolute Gasteiger partial charge is 0.243 e. The zero-order valence-corrected chi connectivity index (χ0v) is 13.5. The van der Waals surface area contributed by atoms with E-state index < -0.39 is 15.9 Å². The van der Waals surface area contributed by atoms with Crippen LogP contribution in [0.25, 0.3) is 0 Å². The van der Waals surface area contributed by atoms with Crippen LogP contribution >= 0.6 is 0 Å². The van der Waals surface area contributed by atoms with Gasteiger partial charge >= 0.3 is 0 Å². The second-order valence-corrected chi connectivity index (χ2v) is 7.07. The first-order valence-corrected chi connectivity index (χ1v) is 8.04. The third-order valence-corrected chi connectivity index (χ3v) is 4.90. The maximum Gasteiger partial charge on any atom is 0.243 e. The summed E-state index contributed by atoms with van der Waals surface area (Å²) in [6.45, 7) is 1.60. The van der Waals surface area contributed by atoms with Gasteiger partial charge in [-0.1, -0.05) is 17.7 Å². The number of rotatable bonds is 5. The summed E-state index contributed by atoms with van der Waals surface area (Å²) in [6.07, 6.45) is 3.12. The minimum atomic E-state index is -3.69. The van der Waals surface area contributed by atoms with Crippen molar-refractivity contribution in [1.82, 2.24) is 14.1 Å². The molecule has 7 nitrogen and oxygen atoms in total. The quantitative estimate of drug-likeness (QED) is 0.889. The highest BCUT2D eigenvalue weighted by Gasteiger charge is 2.22. The number of likely N-dealkylation sites (N-methyl/N-ethyl adjacent to an activating group) is 1. The van der Waals surface area contributed by atoms with E-state index in [-0.39, 0.29) is 11.4 Å². The van der Waals surface area contributed by atoms with E-state index in [2.05, 4.69) is 10.4 Å². The molecule has 8 heteroatoms. The minimum Gasteiger partial charge on any atom is -0.322 e. The van der Waals surface area contributed by atoms with Crippen LogP contribution in [0.3, 0.4) is 0 Å². The molecule has 0 saturated carbocycles. The number of nitrogens with one attached hydrogen (secondary N) is 1. The number of aromatic nitrogens is 2. The van der Waals surface area contributed by atoms with Crippen molar-refractivity contribution >= 4 is 21.6 Å². The number of hydrogen-bond donors (Lipinski definition) is 1. The van der Waals surface area contributed by atoms with Gasteiger partial charge < -0.3 is 5.32 Å². The standard InChI is InChI=1S/C14H18N4O3S/c1-11-4-6-13(7-5-11)22(20,21)18(3)10-14(19)16-12-8-15-17(2)9-12/h4-9H,10H2,1-3H3,(H,16,19). The molecule has 0 aliphatic rings. The number of nitrogens with zero attached hydrogens (tertiary/aromatic N) is 3. The molecule has 1 N–H and O–H groups in total. The van der Waals surface area contributed by atoms with Gasteiger partial charge in [-0.2, -0.15) is 9.40 Å². The highest BCUT2D eigenvalue weighted by atomic mass is 32.2. The van der Waals surface area contributed by atoms with Gasteiger partial charge in [0.15, 0.2) is 0 Å². The highest BCUT2D eigenvalue weighted by Crippen LogP contribution is 2.15. The van der Waals surface area contributed by atoms with Crippen molar-refractivity contribution in [2.24, 2.45) is 7.05 Å². The Hall–Kier alpha value is -2.19. The van der Waals surface area contributed by atoms with Crippen LogP contribution in [0.2, 0.25) is 0 Å². The summed E-state index contributed by atoms with van der Waals surface area (Å²) in [4.78, 5) is 12.1. The van der Waals surface area contributed by atoms with Crippen molar-refractivity contribution in [1.29, 1.82) is 0 Å². The van der Waals surface area contributed by atoms with Crippen LogP contribution < -0.4 is 5.32 Å². The maximum absolute atomic E-state index is 12.4. The number of benzene rings is 1. The van der Waals surface area contributed by atoms with Crippen LogP contribution in [0.15, 0.2) is 41.6 Å². The highest BCUT2D eigenvalue weighted by molar-refractivity contribution is 7.89. The van der Waals surface area contributed by atoms with E-state index in [4.69, 9.17) is 0 Å². The largest absolute Gasteiger partial charge is 0.322 e. The lowest BCUT2D eigenvalue weighted by atomic mass is 10.2. The van der Waals surface area contributed by atoms with E-state index in [9.17, 15) is 13.2 Å². The van der Waals surface area contributed by atoms with Crippen molar-refractivity contribution in [3.05, 3.63) is 42.2 Å². The first-order chi connectivity index (χ1) is 10.3. The maximum atomic E-state index is 12.4. The Bertz CT molecular complexity index is 766. The molecule has 0 bridgehead atoms. The van der Waals surface area contributed by atoms with Crippen LogP contribution in [-0.4, -0.2) is 42.0 Å². The van der Waals surface area contributed by atoms with Gasteiger partial charge in [-0.05, 0) is 19.1 Å². The Labute approximate surface area is 129 Å². The summed E-state index contributed by atoms with van der Waals surface area (Å²) in [7, 11) is -0.587. The molecule has 2 aromatic rings. The number of sulfonamides is 1. The second kappa shape index (κ2) is 6.29. The molecule has 0 spiro atoms. The molecule has 2 rings (SSSR count). The van der Waals surface area contributed by atoms with E-state index in [1.807, 2.05) is 6.92 Å². The Morgan fingerprint density at radius 3 is 2.50 bits per heavy atom. The second-order valence-electron chi connectivity index (χ2n) is 5.02. The van der Waals surface area contributed by atoms with Gasteiger partial charge in [-0.25, -0.2) is 8.42 Å². The molecular formula is C14H18N4O3S. The summed E-state index contributed by atoms with van der Waals surface area (Å²) >= 11 is 0. The summed E-state index contributed by atoms with van der Waals surface area (Å²) < 4.78 is 27.3. The zero-order chi connectivity index (χ0) is 16.3. The Morgan fingerprint density at radius 2 is 1.95 bits per heavy atom. The molecule has 0 aliphatic carbocycles. The topological polar surface area (TPSA) is 84.3 Å². The molecule has 0 unspecified atom stereocenters. The molecule has 0 radical (unpaired) electrons. The molecule has 118 valence electrons. The average Bonchev–Trinajstić information content (AvgIpc) is 2.84. The van der Waals surface area contributed by atoms with E-state index in [0.717, 1.165) is 9.87 Å². The van der Waals surface area contributed by atoms with Gasteiger partial charge in [0.2, 0.25) is 15.9 Å². The molecule has 0 fully saturated rings. The van der Waals surface area contributed by atoms with E-state index in [1.165, 1.54) is 25.4 Å².